The highest BCUT2D eigenvalue weighted by Crippen LogP contribution is 2.33. The summed E-state index contributed by atoms with van der Waals surface area (Å²) in [5.41, 5.74) is 1.09. The number of aromatic nitrogens is 1. The lowest BCUT2D eigenvalue weighted by molar-refractivity contribution is -0.276. The van der Waals surface area contributed by atoms with Crippen LogP contribution in [0.5, 0.6) is 5.75 Å². The molecule has 2 aliphatic rings. The zero-order valence-corrected chi connectivity index (χ0v) is 14.7. The van der Waals surface area contributed by atoms with Gasteiger partial charge in [-0.1, -0.05) is 18.2 Å². The summed E-state index contributed by atoms with van der Waals surface area (Å²) < 4.78 is 28.2. The molecule has 2 aliphatic heterocycles. The Morgan fingerprint density at radius 2 is 2.04 bits per heavy atom. The molecule has 27 heavy (non-hydrogen) atoms. The van der Waals surface area contributed by atoms with Crippen molar-refractivity contribution < 1.29 is 28.5 Å². The van der Waals surface area contributed by atoms with Crippen LogP contribution in [0.25, 0.3) is 0 Å². The van der Waals surface area contributed by atoms with Crippen LogP contribution in [0.3, 0.4) is 0 Å². The van der Waals surface area contributed by atoms with E-state index in [4.69, 9.17) is 23.7 Å². The summed E-state index contributed by atoms with van der Waals surface area (Å²) in [4.78, 5) is 16.4. The maximum absolute atomic E-state index is 12.3. The van der Waals surface area contributed by atoms with Crippen molar-refractivity contribution in [1.29, 1.82) is 0 Å². The Morgan fingerprint density at radius 3 is 2.78 bits per heavy atom. The third-order valence-electron chi connectivity index (χ3n) is 4.41. The number of hydrogen-bond donors (Lipinski definition) is 0. The van der Waals surface area contributed by atoms with Gasteiger partial charge in [-0.15, -0.1) is 0 Å². The SMILES string of the molecule is COc1ccc(C2OCC3OC=C[C@@H](OC(=O)c4ccccn4)[C@@H]3O2)cc1. The van der Waals surface area contributed by atoms with E-state index < -0.39 is 24.5 Å². The Bertz CT molecular complexity index is 807. The fraction of sp³-hybridized carbons (Fsp3) is 0.300. The fourth-order valence-electron chi connectivity index (χ4n) is 3.00. The van der Waals surface area contributed by atoms with Gasteiger partial charge in [0.25, 0.3) is 0 Å². The van der Waals surface area contributed by atoms with Crippen LogP contribution in [0.2, 0.25) is 0 Å². The van der Waals surface area contributed by atoms with Crippen LogP contribution in [-0.4, -0.2) is 43.0 Å². The lowest BCUT2D eigenvalue weighted by atomic mass is 10.0. The van der Waals surface area contributed by atoms with Gasteiger partial charge in [0, 0.05) is 11.8 Å². The highest BCUT2D eigenvalue weighted by Gasteiger charge is 2.42. The van der Waals surface area contributed by atoms with E-state index in [1.54, 1.807) is 37.6 Å². The quantitative estimate of drug-likeness (QED) is 0.767. The molecule has 4 atom stereocenters. The number of nitrogens with zero attached hydrogens (tertiary/aromatic N) is 1. The number of ether oxygens (including phenoxy) is 5. The smallest absolute Gasteiger partial charge is 0.357 e. The van der Waals surface area contributed by atoms with E-state index in [0.29, 0.717) is 6.61 Å². The molecule has 2 unspecified atom stereocenters. The average molecular weight is 369 g/mol. The first-order valence-corrected chi connectivity index (χ1v) is 8.60. The summed E-state index contributed by atoms with van der Waals surface area (Å²) in [6.07, 6.45) is 2.71. The van der Waals surface area contributed by atoms with Crippen molar-refractivity contribution in [3.8, 4) is 5.75 Å². The topological polar surface area (TPSA) is 76.1 Å². The lowest BCUT2D eigenvalue weighted by Gasteiger charge is -2.40. The number of carbonyl (C=O) groups excluding carboxylic acids is 1. The van der Waals surface area contributed by atoms with Crippen LogP contribution < -0.4 is 4.74 Å². The van der Waals surface area contributed by atoms with Gasteiger partial charge in [0.15, 0.2) is 18.5 Å². The second kappa shape index (κ2) is 7.77. The van der Waals surface area contributed by atoms with Gasteiger partial charge < -0.3 is 23.7 Å². The summed E-state index contributed by atoms with van der Waals surface area (Å²) in [5, 5.41) is 0. The molecular formula is C20H19NO6. The van der Waals surface area contributed by atoms with E-state index in [1.807, 2.05) is 24.3 Å². The third kappa shape index (κ3) is 3.79. The molecule has 1 aromatic heterocycles. The molecule has 0 bridgehead atoms. The zero-order valence-electron chi connectivity index (χ0n) is 14.7. The summed E-state index contributed by atoms with van der Waals surface area (Å²) >= 11 is 0. The molecule has 7 nitrogen and oxygen atoms in total. The Morgan fingerprint density at radius 1 is 1.19 bits per heavy atom. The van der Waals surface area contributed by atoms with E-state index in [1.165, 1.54) is 6.26 Å². The predicted molar refractivity (Wildman–Crippen MR) is 94.0 cm³/mol. The Balaban J connectivity index is 1.48. The summed E-state index contributed by atoms with van der Waals surface area (Å²) in [7, 11) is 1.61. The molecule has 0 spiro atoms. The van der Waals surface area contributed by atoms with E-state index in [0.717, 1.165) is 11.3 Å². The van der Waals surface area contributed by atoms with Crippen molar-refractivity contribution in [1.82, 2.24) is 4.98 Å². The monoisotopic (exact) mass is 369 g/mol. The molecule has 0 saturated carbocycles. The van der Waals surface area contributed by atoms with Gasteiger partial charge in [-0.05, 0) is 30.3 Å². The fourth-order valence-corrected chi connectivity index (χ4v) is 3.00. The molecule has 0 radical (unpaired) electrons. The third-order valence-corrected chi connectivity index (χ3v) is 4.41. The van der Waals surface area contributed by atoms with Crippen molar-refractivity contribution in [3.05, 3.63) is 72.3 Å². The second-order valence-corrected chi connectivity index (χ2v) is 6.13. The van der Waals surface area contributed by atoms with Gasteiger partial charge in [0.1, 0.15) is 17.5 Å². The Kier molecular flexibility index (Phi) is 5.04. The highest BCUT2D eigenvalue weighted by molar-refractivity contribution is 5.87. The molecule has 1 aromatic carbocycles. The first-order chi connectivity index (χ1) is 13.2. The zero-order chi connectivity index (χ0) is 18.6. The number of esters is 1. The molecule has 0 N–H and O–H groups in total. The maximum atomic E-state index is 12.3. The van der Waals surface area contributed by atoms with Gasteiger partial charge in [0.05, 0.1) is 20.0 Å². The minimum Gasteiger partial charge on any atom is -0.497 e. The van der Waals surface area contributed by atoms with E-state index >= 15 is 0 Å². The van der Waals surface area contributed by atoms with Gasteiger partial charge in [0.2, 0.25) is 0 Å². The molecule has 3 heterocycles. The summed E-state index contributed by atoms with van der Waals surface area (Å²) in [6.45, 7) is 0.323. The molecule has 0 aliphatic carbocycles. The van der Waals surface area contributed by atoms with Gasteiger partial charge in [-0.3, -0.25) is 0 Å². The normalized spacial score (nSPS) is 26.6. The second-order valence-electron chi connectivity index (χ2n) is 6.13. The lowest BCUT2D eigenvalue weighted by Crippen LogP contribution is -2.50. The average Bonchev–Trinajstić information content (AvgIpc) is 2.74. The molecule has 4 rings (SSSR count). The van der Waals surface area contributed by atoms with Crippen LogP contribution in [-0.2, 0) is 18.9 Å². The van der Waals surface area contributed by atoms with Gasteiger partial charge >= 0.3 is 5.97 Å². The van der Waals surface area contributed by atoms with E-state index in [9.17, 15) is 4.79 Å². The summed E-state index contributed by atoms with van der Waals surface area (Å²) in [6, 6.07) is 12.5. The number of carbonyl (C=O) groups is 1. The van der Waals surface area contributed by atoms with Crippen LogP contribution in [0.4, 0.5) is 0 Å². The van der Waals surface area contributed by atoms with Crippen LogP contribution >= 0.6 is 0 Å². The minimum atomic E-state index is -0.595. The number of pyridine rings is 1. The molecule has 0 amide bonds. The van der Waals surface area contributed by atoms with Crippen molar-refractivity contribution in [2.24, 2.45) is 0 Å². The van der Waals surface area contributed by atoms with Gasteiger partial charge in [-0.2, -0.15) is 0 Å². The number of benzene rings is 1. The molecule has 1 fully saturated rings. The van der Waals surface area contributed by atoms with Crippen LogP contribution in [0.15, 0.2) is 61.0 Å². The number of rotatable bonds is 4. The number of fused-ring (bicyclic) bond motifs is 1. The first kappa shape index (κ1) is 17.5. The molecule has 7 heteroatoms. The molecule has 140 valence electrons. The predicted octanol–water partition coefficient (Wildman–Crippen LogP) is 2.64. The first-order valence-electron chi connectivity index (χ1n) is 8.60. The van der Waals surface area contributed by atoms with Crippen molar-refractivity contribution in [3.63, 3.8) is 0 Å². The number of hydrogen-bond acceptors (Lipinski definition) is 7. The molecular weight excluding hydrogens is 350 g/mol. The van der Waals surface area contributed by atoms with Crippen LogP contribution in [0, 0.1) is 0 Å². The van der Waals surface area contributed by atoms with Crippen LogP contribution in [0.1, 0.15) is 22.3 Å². The molecule has 1 saturated heterocycles. The standard InChI is InChI=1S/C20H19NO6/c1-23-14-7-5-13(6-8-14)20-25-12-17-18(27-20)16(9-11-24-17)26-19(22)15-4-2-3-10-21-15/h2-11,16-18,20H,12H2,1H3/t16-,17?,18+,20?/m1/s1. The highest BCUT2D eigenvalue weighted by atomic mass is 16.7. The largest absolute Gasteiger partial charge is 0.497 e. The van der Waals surface area contributed by atoms with E-state index in [2.05, 4.69) is 4.98 Å². The van der Waals surface area contributed by atoms with Crippen molar-refractivity contribution >= 4 is 5.97 Å². The summed E-state index contributed by atoms with van der Waals surface area (Å²) in [5.74, 6) is 0.237. The Labute approximate surface area is 156 Å². The van der Waals surface area contributed by atoms with E-state index in [-0.39, 0.29) is 11.8 Å². The number of methoxy groups -OCH3 is 1. The van der Waals surface area contributed by atoms with Crippen molar-refractivity contribution in [2.75, 3.05) is 13.7 Å². The van der Waals surface area contributed by atoms with Gasteiger partial charge in [-0.25, -0.2) is 9.78 Å². The Hall–Kier alpha value is -2.90. The molecule has 2 aromatic rings. The van der Waals surface area contributed by atoms with Crippen molar-refractivity contribution in [2.45, 2.75) is 24.6 Å². The minimum absolute atomic E-state index is 0.243. The maximum Gasteiger partial charge on any atom is 0.357 e.